The van der Waals surface area contributed by atoms with E-state index in [1.54, 1.807) is 17.0 Å². The van der Waals surface area contributed by atoms with Gasteiger partial charge in [0, 0.05) is 19.2 Å². The Labute approximate surface area is 106 Å². The second kappa shape index (κ2) is 5.96. The van der Waals surface area contributed by atoms with E-state index in [9.17, 15) is 9.18 Å². The van der Waals surface area contributed by atoms with E-state index in [-0.39, 0.29) is 24.1 Å². The molecule has 3 nitrogen and oxygen atoms in total. The molecule has 1 aliphatic rings. The van der Waals surface area contributed by atoms with Gasteiger partial charge >= 0.3 is 0 Å². The number of rotatable bonds is 3. The smallest absolute Gasteiger partial charge is 0.257 e. The lowest BCUT2D eigenvalue weighted by atomic mass is 9.98. The van der Waals surface area contributed by atoms with Crippen molar-refractivity contribution in [3.05, 3.63) is 35.6 Å². The van der Waals surface area contributed by atoms with E-state index in [1.807, 2.05) is 0 Å². The maximum atomic E-state index is 13.6. The third-order valence-corrected chi connectivity index (χ3v) is 3.45. The number of hydrogen-bond acceptors (Lipinski definition) is 2. The number of benzene rings is 1. The Morgan fingerprint density at radius 3 is 2.89 bits per heavy atom. The number of nitrogens with zero attached hydrogens (tertiary/aromatic N) is 1. The number of aliphatic hydroxyl groups is 1. The lowest BCUT2D eigenvalue weighted by Crippen LogP contribution is -2.44. The molecule has 1 N–H and O–H groups in total. The third kappa shape index (κ3) is 2.70. The minimum Gasteiger partial charge on any atom is -0.396 e. The molecule has 1 fully saturated rings. The number of amides is 1. The van der Waals surface area contributed by atoms with Crippen LogP contribution in [0.5, 0.6) is 0 Å². The summed E-state index contributed by atoms with van der Waals surface area (Å²) in [5.74, 6) is -0.734. The molecule has 98 valence electrons. The number of carbonyl (C=O) groups is 1. The van der Waals surface area contributed by atoms with E-state index in [4.69, 9.17) is 5.11 Å². The molecule has 0 spiro atoms. The second-order valence-electron chi connectivity index (χ2n) is 4.64. The predicted octanol–water partition coefficient (Wildman–Crippen LogP) is 2.20. The molecule has 4 heteroatoms. The summed E-state index contributed by atoms with van der Waals surface area (Å²) in [7, 11) is 0. The van der Waals surface area contributed by atoms with Crippen LogP contribution in [0.1, 0.15) is 36.0 Å². The number of piperidine rings is 1. The number of halogens is 1. The molecule has 0 aliphatic carbocycles. The number of likely N-dealkylation sites (tertiary alicyclic amines) is 1. The summed E-state index contributed by atoms with van der Waals surface area (Å²) in [6, 6.07) is 6.10. The normalized spacial score (nSPS) is 19.9. The first-order chi connectivity index (χ1) is 8.74. The first kappa shape index (κ1) is 13.0. The second-order valence-corrected chi connectivity index (χ2v) is 4.64. The van der Waals surface area contributed by atoms with Crippen molar-refractivity contribution in [3.63, 3.8) is 0 Å². The Morgan fingerprint density at radius 2 is 2.17 bits per heavy atom. The molecule has 1 aromatic rings. The van der Waals surface area contributed by atoms with Crippen molar-refractivity contribution in [2.24, 2.45) is 0 Å². The molecule has 18 heavy (non-hydrogen) atoms. The molecule has 0 radical (unpaired) electrons. The molecule has 1 atom stereocenters. The molecule has 0 saturated carbocycles. The van der Waals surface area contributed by atoms with Gasteiger partial charge in [-0.15, -0.1) is 0 Å². The molecule has 1 aromatic carbocycles. The van der Waals surface area contributed by atoms with E-state index in [0.29, 0.717) is 13.0 Å². The zero-order valence-corrected chi connectivity index (χ0v) is 10.3. The van der Waals surface area contributed by atoms with Crippen molar-refractivity contribution in [2.45, 2.75) is 31.7 Å². The van der Waals surface area contributed by atoms with Gasteiger partial charge in [0.1, 0.15) is 5.82 Å². The van der Waals surface area contributed by atoms with E-state index < -0.39 is 5.82 Å². The van der Waals surface area contributed by atoms with Crippen molar-refractivity contribution in [3.8, 4) is 0 Å². The van der Waals surface area contributed by atoms with Gasteiger partial charge < -0.3 is 10.0 Å². The Bertz CT molecular complexity index is 420. The largest absolute Gasteiger partial charge is 0.396 e. The average molecular weight is 251 g/mol. The zero-order valence-electron chi connectivity index (χ0n) is 10.3. The van der Waals surface area contributed by atoms with Crippen LogP contribution in [0.25, 0.3) is 0 Å². The van der Waals surface area contributed by atoms with E-state index in [0.717, 1.165) is 19.3 Å². The van der Waals surface area contributed by atoms with Gasteiger partial charge in [0.15, 0.2) is 0 Å². The zero-order chi connectivity index (χ0) is 13.0. The third-order valence-electron chi connectivity index (χ3n) is 3.45. The van der Waals surface area contributed by atoms with E-state index >= 15 is 0 Å². The highest BCUT2D eigenvalue weighted by Gasteiger charge is 2.28. The van der Waals surface area contributed by atoms with Crippen LogP contribution in [0.15, 0.2) is 24.3 Å². The lowest BCUT2D eigenvalue weighted by molar-refractivity contribution is 0.0570. The van der Waals surface area contributed by atoms with Crippen molar-refractivity contribution < 1.29 is 14.3 Å². The van der Waals surface area contributed by atoms with Gasteiger partial charge in [-0.05, 0) is 37.8 Å². The van der Waals surface area contributed by atoms with Crippen molar-refractivity contribution in [1.29, 1.82) is 0 Å². The maximum Gasteiger partial charge on any atom is 0.257 e. The summed E-state index contributed by atoms with van der Waals surface area (Å²) >= 11 is 0. The fourth-order valence-electron chi connectivity index (χ4n) is 2.51. The lowest BCUT2D eigenvalue weighted by Gasteiger charge is -2.35. The quantitative estimate of drug-likeness (QED) is 0.894. The molecular weight excluding hydrogens is 233 g/mol. The molecular formula is C14H18FNO2. The van der Waals surface area contributed by atoms with Crippen LogP contribution in [-0.4, -0.2) is 35.1 Å². The Hall–Kier alpha value is -1.42. The van der Waals surface area contributed by atoms with Crippen LogP contribution in [0, 0.1) is 5.82 Å². The van der Waals surface area contributed by atoms with Crippen LogP contribution in [-0.2, 0) is 0 Å². The SMILES string of the molecule is O=C(c1ccccc1F)N1CCCCC1CCO. The van der Waals surface area contributed by atoms with Gasteiger partial charge in [0.05, 0.1) is 5.56 Å². The highest BCUT2D eigenvalue weighted by molar-refractivity contribution is 5.94. The Kier molecular flexibility index (Phi) is 4.31. The summed E-state index contributed by atoms with van der Waals surface area (Å²) in [6.45, 7) is 0.712. The van der Waals surface area contributed by atoms with Crippen LogP contribution < -0.4 is 0 Å². The Balaban J connectivity index is 2.18. The molecule has 1 unspecified atom stereocenters. The first-order valence-corrected chi connectivity index (χ1v) is 6.40. The predicted molar refractivity (Wildman–Crippen MR) is 66.8 cm³/mol. The Morgan fingerprint density at radius 1 is 1.39 bits per heavy atom. The maximum absolute atomic E-state index is 13.6. The summed E-state index contributed by atoms with van der Waals surface area (Å²) in [6.07, 6.45) is 3.47. The van der Waals surface area contributed by atoms with Crippen LogP contribution in [0.4, 0.5) is 4.39 Å². The standard InChI is InChI=1S/C14H18FNO2/c15-13-7-2-1-6-12(13)14(18)16-9-4-3-5-11(16)8-10-17/h1-2,6-7,11,17H,3-5,8-10H2. The van der Waals surface area contributed by atoms with Gasteiger partial charge in [-0.3, -0.25) is 4.79 Å². The molecule has 0 bridgehead atoms. The van der Waals surface area contributed by atoms with Gasteiger partial charge in [0.25, 0.3) is 5.91 Å². The molecule has 1 aliphatic heterocycles. The number of carbonyl (C=O) groups excluding carboxylic acids is 1. The van der Waals surface area contributed by atoms with Gasteiger partial charge in [-0.25, -0.2) is 4.39 Å². The van der Waals surface area contributed by atoms with Crippen LogP contribution >= 0.6 is 0 Å². The molecule has 1 saturated heterocycles. The van der Waals surface area contributed by atoms with Gasteiger partial charge in [-0.1, -0.05) is 12.1 Å². The highest BCUT2D eigenvalue weighted by atomic mass is 19.1. The van der Waals surface area contributed by atoms with Gasteiger partial charge in [-0.2, -0.15) is 0 Å². The fraction of sp³-hybridized carbons (Fsp3) is 0.500. The average Bonchev–Trinajstić information content (AvgIpc) is 2.40. The van der Waals surface area contributed by atoms with Crippen molar-refractivity contribution in [2.75, 3.05) is 13.2 Å². The summed E-state index contributed by atoms with van der Waals surface area (Å²) < 4.78 is 13.6. The fourth-order valence-corrected chi connectivity index (χ4v) is 2.51. The number of aliphatic hydroxyl groups excluding tert-OH is 1. The van der Waals surface area contributed by atoms with E-state index in [1.165, 1.54) is 12.1 Å². The highest BCUT2D eigenvalue weighted by Crippen LogP contribution is 2.22. The minimum atomic E-state index is -0.476. The first-order valence-electron chi connectivity index (χ1n) is 6.40. The summed E-state index contributed by atoms with van der Waals surface area (Å²) in [5, 5.41) is 9.03. The molecule has 2 rings (SSSR count). The van der Waals surface area contributed by atoms with E-state index in [2.05, 4.69) is 0 Å². The minimum absolute atomic E-state index is 0.0378. The van der Waals surface area contributed by atoms with Gasteiger partial charge in [0.2, 0.25) is 0 Å². The number of hydrogen-bond donors (Lipinski definition) is 1. The molecule has 1 amide bonds. The molecule has 1 heterocycles. The van der Waals surface area contributed by atoms with Crippen molar-refractivity contribution >= 4 is 5.91 Å². The molecule has 0 aromatic heterocycles. The summed E-state index contributed by atoms with van der Waals surface area (Å²) in [5.41, 5.74) is 0.127. The van der Waals surface area contributed by atoms with Crippen LogP contribution in [0.2, 0.25) is 0 Å². The summed E-state index contributed by atoms with van der Waals surface area (Å²) in [4.78, 5) is 14.0. The topological polar surface area (TPSA) is 40.5 Å². The monoisotopic (exact) mass is 251 g/mol. The van der Waals surface area contributed by atoms with Crippen LogP contribution in [0.3, 0.4) is 0 Å². The van der Waals surface area contributed by atoms with Crippen molar-refractivity contribution in [1.82, 2.24) is 4.90 Å².